The van der Waals surface area contributed by atoms with Gasteiger partial charge in [-0.2, -0.15) is 11.8 Å². The minimum absolute atomic E-state index is 0.234. The van der Waals surface area contributed by atoms with Gasteiger partial charge >= 0.3 is 0 Å². The van der Waals surface area contributed by atoms with E-state index in [1.165, 1.54) is 11.3 Å². The van der Waals surface area contributed by atoms with Crippen LogP contribution in [0.15, 0.2) is 24.3 Å². The molecular weight excluding hydrogens is 308 g/mol. The third-order valence-electron chi connectivity index (χ3n) is 4.18. The van der Waals surface area contributed by atoms with Crippen molar-refractivity contribution in [3.05, 3.63) is 29.8 Å². The lowest BCUT2D eigenvalue weighted by molar-refractivity contribution is -0.00526. The summed E-state index contributed by atoms with van der Waals surface area (Å²) in [5.74, 6) is 1.02. The predicted octanol–water partition coefficient (Wildman–Crippen LogP) is 2.50. The summed E-state index contributed by atoms with van der Waals surface area (Å²) >= 11 is 1.82. The lowest BCUT2D eigenvalue weighted by Crippen LogP contribution is -2.46. The molecule has 1 aliphatic heterocycles. The van der Waals surface area contributed by atoms with Gasteiger partial charge in [0, 0.05) is 43.7 Å². The number of anilines is 1. The van der Waals surface area contributed by atoms with Crippen LogP contribution in [0, 0.1) is 0 Å². The fourth-order valence-corrected chi connectivity index (χ4v) is 3.89. The van der Waals surface area contributed by atoms with Gasteiger partial charge in [-0.3, -0.25) is 0 Å². The Hall–Kier alpha value is -0.750. The van der Waals surface area contributed by atoms with Crippen LogP contribution in [-0.4, -0.2) is 55.1 Å². The van der Waals surface area contributed by atoms with E-state index in [0.29, 0.717) is 6.04 Å². The number of benzene rings is 1. The summed E-state index contributed by atoms with van der Waals surface area (Å²) in [6.07, 6.45) is 3.43. The Bertz CT molecular complexity index is 456. The first-order valence-corrected chi connectivity index (χ1v) is 9.85. The zero-order valence-electron chi connectivity index (χ0n) is 14.5. The second-order valence-electron chi connectivity index (χ2n) is 6.34. The van der Waals surface area contributed by atoms with Crippen LogP contribution in [0.1, 0.15) is 25.8 Å². The average Bonchev–Trinajstić information content (AvgIpc) is 2.52. The van der Waals surface area contributed by atoms with Gasteiger partial charge in [0.1, 0.15) is 0 Å². The van der Waals surface area contributed by atoms with Crippen molar-refractivity contribution >= 4 is 17.4 Å². The SMILES string of the molecule is CSCC(CCO)NCc1ccccc1N1CC(C)OC(C)C1. The van der Waals surface area contributed by atoms with Crippen LogP contribution in [0.5, 0.6) is 0 Å². The van der Waals surface area contributed by atoms with Crippen LogP contribution in [0.4, 0.5) is 5.69 Å². The van der Waals surface area contributed by atoms with E-state index >= 15 is 0 Å². The Balaban J connectivity index is 2.04. The Kier molecular flexibility index (Phi) is 7.70. The Morgan fingerprint density at radius 2 is 2.00 bits per heavy atom. The number of rotatable bonds is 8. The number of para-hydroxylation sites is 1. The van der Waals surface area contributed by atoms with Crippen molar-refractivity contribution < 1.29 is 9.84 Å². The molecule has 1 saturated heterocycles. The number of aliphatic hydroxyl groups is 1. The molecule has 5 heteroatoms. The Labute approximate surface area is 144 Å². The molecule has 2 rings (SSSR count). The fourth-order valence-electron chi connectivity index (χ4n) is 3.20. The number of nitrogens with zero attached hydrogens (tertiary/aromatic N) is 1. The number of morpholine rings is 1. The third kappa shape index (κ3) is 5.68. The first-order valence-electron chi connectivity index (χ1n) is 8.45. The Morgan fingerprint density at radius 3 is 2.65 bits per heavy atom. The number of thioether (sulfide) groups is 1. The van der Waals surface area contributed by atoms with Crippen LogP contribution in [0.2, 0.25) is 0 Å². The molecule has 1 heterocycles. The molecule has 1 aromatic rings. The first-order chi connectivity index (χ1) is 11.1. The second kappa shape index (κ2) is 9.52. The molecule has 0 aromatic heterocycles. The van der Waals surface area contributed by atoms with E-state index in [1.807, 2.05) is 11.8 Å². The van der Waals surface area contributed by atoms with Crippen molar-refractivity contribution in [1.29, 1.82) is 0 Å². The molecular formula is C18H30N2O2S. The van der Waals surface area contributed by atoms with Gasteiger partial charge < -0.3 is 20.1 Å². The summed E-state index contributed by atoms with van der Waals surface area (Å²) < 4.78 is 5.85. The molecule has 2 N–H and O–H groups in total. The predicted molar refractivity (Wildman–Crippen MR) is 99.4 cm³/mol. The lowest BCUT2D eigenvalue weighted by atomic mass is 10.1. The summed E-state index contributed by atoms with van der Waals surface area (Å²) in [6.45, 7) is 7.22. The summed E-state index contributed by atoms with van der Waals surface area (Å²) in [5.41, 5.74) is 2.62. The summed E-state index contributed by atoms with van der Waals surface area (Å²) in [6, 6.07) is 8.96. The van der Waals surface area contributed by atoms with Gasteiger partial charge in [-0.1, -0.05) is 18.2 Å². The highest BCUT2D eigenvalue weighted by atomic mass is 32.2. The standard InChI is InChI=1S/C18H30N2O2S/c1-14-11-20(12-15(2)22-14)18-7-5-4-6-16(18)10-19-17(8-9-21)13-23-3/h4-7,14-15,17,19,21H,8-13H2,1-3H3. The molecule has 130 valence electrons. The molecule has 0 amide bonds. The number of hydrogen-bond donors (Lipinski definition) is 2. The summed E-state index contributed by atoms with van der Waals surface area (Å²) in [4.78, 5) is 2.44. The van der Waals surface area contributed by atoms with Crippen molar-refractivity contribution in [1.82, 2.24) is 5.32 Å². The second-order valence-corrected chi connectivity index (χ2v) is 7.25. The number of aliphatic hydroxyl groups excluding tert-OH is 1. The zero-order valence-corrected chi connectivity index (χ0v) is 15.3. The highest BCUT2D eigenvalue weighted by Gasteiger charge is 2.23. The lowest BCUT2D eigenvalue weighted by Gasteiger charge is -2.38. The summed E-state index contributed by atoms with van der Waals surface area (Å²) in [7, 11) is 0. The van der Waals surface area contributed by atoms with Crippen LogP contribution >= 0.6 is 11.8 Å². The maximum Gasteiger partial charge on any atom is 0.0726 e. The number of hydrogen-bond acceptors (Lipinski definition) is 5. The molecule has 23 heavy (non-hydrogen) atoms. The van der Waals surface area contributed by atoms with E-state index in [9.17, 15) is 5.11 Å². The average molecular weight is 339 g/mol. The highest BCUT2D eigenvalue weighted by Crippen LogP contribution is 2.24. The van der Waals surface area contributed by atoms with Gasteiger partial charge in [0.25, 0.3) is 0 Å². The van der Waals surface area contributed by atoms with Gasteiger partial charge in [0.2, 0.25) is 0 Å². The largest absolute Gasteiger partial charge is 0.396 e. The van der Waals surface area contributed by atoms with Crippen LogP contribution < -0.4 is 10.2 Å². The molecule has 0 saturated carbocycles. The monoisotopic (exact) mass is 338 g/mol. The fraction of sp³-hybridized carbons (Fsp3) is 0.667. The first kappa shape index (κ1) is 18.6. The molecule has 1 aliphatic rings. The third-order valence-corrected chi connectivity index (χ3v) is 4.91. The van der Waals surface area contributed by atoms with Crippen LogP contribution in [0.25, 0.3) is 0 Å². The minimum atomic E-state index is 0.234. The van der Waals surface area contributed by atoms with Crippen molar-refractivity contribution in [2.75, 3.05) is 36.6 Å². The summed E-state index contributed by atoms with van der Waals surface area (Å²) in [5, 5.41) is 12.8. The topological polar surface area (TPSA) is 44.7 Å². The molecule has 1 fully saturated rings. The molecule has 1 aromatic carbocycles. The van der Waals surface area contributed by atoms with Crippen molar-refractivity contribution in [2.24, 2.45) is 0 Å². The molecule has 0 bridgehead atoms. The van der Waals surface area contributed by atoms with Crippen molar-refractivity contribution in [3.63, 3.8) is 0 Å². The smallest absolute Gasteiger partial charge is 0.0726 e. The van der Waals surface area contributed by atoms with Gasteiger partial charge in [0.05, 0.1) is 12.2 Å². The molecule has 0 spiro atoms. The molecule has 4 nitrogen and oxygen atoms in total. The van der Waals surface area contributed by atoms with Gasteiger partial charge in [0.15, 0.2) is 0 Å². The van der Waals surface area contributed by atoms with E-state index in [1.54, 1.807) is 0 Å². The highest BCUT2D eigenvalue weighted by molar-refractivity contribution is 7.98. The van der Waals surface area contributed by atoms with E-state index in [4.69, 9.17) is 4.74 Å². The zero-order chi connectivity index (χ0) is 16.7. The van der Waals surface area contributed by atoms with Gasteiger partial charge in [-0.05, 0) is 38.2 Å². The minimum Gasteiger partial charge on any atom is -0.396 e. The maximum atomic E-state index is 9.21. The van der Waals surface area contributed by atoms with E-state index in [0.717, 1.165) is 31.8 Å². The Morgan fingerprint density at radius 1 is 1.30 bits per heavy atom. The number of ether oxygens (including phenoxy) is 1. The van der Waals surface area contributed by atoms with E-state index < -0.39 is 0 Å². The molecule has 0 aliphatic carbocycles. The van der Waals surface area contributed by atoms with E-state index in [2.05, 4.69) is 54.6 Å². The van der Waals surface area contributed by atoms with Crippen molar-refractivity contribution in [3.8, 4) is 0 Å². The van der Waals surface area contributed by atoms with Gasteiger partial charge in [-0.25, -0.2) is 0 Å². The van der Waals surface area contributed by atoms with Gasteiger partial charge in [-0.15, -0.1) is 0 Å². The normalized spacial score (nSPS) is 23.0. The van der Waals surface area contributed by atoms with Crippen LogP contribution in [0.3, 0.4) is 0 Å². The molecule has 0 radical (unpaired) electrons. The quantitative estimate of drug-likeness (QED) is 0.762. The van der Waals surface area contributed by atoms with Crippen molar-refractivity contribution in [2.45, 2.75) is 45.1 Å². The van der Waals surface area contributed by atoms with Crippen LogP contribution in [-0.2, 0) is 11.3 Å². The maximum absolute atomic E-state index is 9.21. The number of nitrogens with one attached hydrogen (secondary N) is 1. The molecule has 3 unspecified atom stereocenters. The molecule has 3 atom stereocenters. The van der Waals surface area contributed by atoms with E-state index in [-0.39, 0.29) is 18.8 Å².